The van der Waals surface area contributed by atoms with Crippen molar-refractivity contribution < 1.29 is 19.4 Å². The van der Waals surface area contributed by atoms with Crippen LogP contribution in [0.1, 0.15) is 70.2 Å². The second-order valence-corrected chi connectivity index (χ2v) is 14.7. The van der Waals surface area contributed by atoms with Crippen molar-refractivity contribution in [2.24, 2.45) is 11.8 Å². The van der Waals surface area contributed by atoms with Crippen molar-refractivity contribution in [1.29, 1.82) is 0 Å². The van der Waals surface area contributed by atoms with Crippen LogP contribution in [-0.4, -0.2) is 69.7 Å². The molecule has 2 amide bonds. The maximum atomic E-state index is 13.0. The number of carboxylic acid groups (broad SMARTS) is 1. The van der Waals surface area contributed by atoms with Crippen molar-refractivity contribution in [3.8, 4) is 33.8 Å². The molecule has 5 aromatic rings. The number of ether oxygens (including phenoxy) is 1. The summed E-state index contributed by atoms with van der Waals surface area (Å²) in [6.45, 7) is 5.69. The minimum absolute atomic E-state index is 0.0986. The Morgan fingerprint density at radius 3 is 2.02 bits per heavy atom. The Kier molecular flexibility index (Phi) is 6.28. The number of nitrogens with zero attached hydrogens (tertiary/aromatic N) is 5. The minimum Gasteiger partial charge on any atom is -0.465 e. The van der Waals surface area contributed by atoms with E-state index < -0.39 is 11.7 Å². The normalized spacial score (nSPS) is 25.6. The number of pyridine rings is 1. The Morgan fingerprint density at radius 1 is 0.729 bits per heavy atom. The van der Waals surface area contributed by atoms with Gasteiger partial charge >= 0.3 is 12.2 Å². The van der Waals surface area contributed by atoms with Crippen LogP contribution in [0.3, 0.4) is 0 Å². The Morgan fingerprint density at radius 2 is 1.33 bits per heavy atom. The third kappa shape index (κ3) is 4.99. The third-order valence-corrected chi connectivity index (χ3v) is 10.3. The first-order valence-corrected chi connectivity index (χ1v) is 16.7. The highest BCUT2D eigenvalue weighted by Gasteiger charge is 2.57. The molecule has 11 nitrogen and oxygen atoms in total. The highest BCUT2D eigenvalue weighted by molar-refractivity contribution is 5.86. The standard InChI is InChI=1S/C37H37N7O4/c1-37(2,3)48-36(47)44-30-14-24(30)16-32(44)34-38-17-27(41-34)20-6-4-19(5-7-20)21-8-10-25-22(12-21)9-11-26(40-25)28-18-39-33(42-28)31-15-23-13-29(23)43(31)35(45)46/h4-12,17-18,23-24,29-32H,13-16H2,1-3H3,(H,38,41)(H,39,42)(H,45,46)/t23-,24-,29-,30-,31+,32+/m1/s1. The van der Waals surface area contributed by atoms with E-state index >= 15 is 0 Å². The Hall–Kier alpha value is -5.19. The van der Waals surface area contributed by atoms with Gasteiger partial charge in [0.1, 0.15) is 22.9 Å². The Balaban J connectivity index is 0.904. The lowest BCUT2D eigenvalue weighted by atomic mass is 10.0. The summed E-state index contributed by atoms with van der Waals surface area (Å²) in [5, 5.41) is 10.7. The van der Waals surface area contributed by atoms with Gasteiger partial charge in [-0.05, 0) is 87.6 Å². The number of likely N-dealkylation sites (tertiary alicyclic amines) is 2. The summed E-state index contributed by atoms with van der Waals surface area (Å²) >= 11 is 0. The van der Waals surface area contributed by atoms with Crippen LogP contribution in [0.15, 0.2) is 67.0 Å². The summed E-state index contributed by atoms with van der Waals surface area (Å²) in [4.78, 5) is 49.4. The molecular weight excluding hydrogens is 606 g/mol. The number of hydrogen-bond donors (Lipinski definition) is 3. The summed E-state index contributed by atoms with van der Waals surface area (Å²) in [6.07, 6.45) is 6.31. The number of amides is 2. The van der Waals surface area contributed by atoms with Crippen LogP contribution in [0.4, 0.5) is 9.59 Å². The maximum Gasteiger partial charge on any atom is 0.411 e. The molecule has 6 atom stereocenters. The fourth-order valence-electron chi connectivity index (χ4n) is 7.83. The van der Waals surface area contributed by atoms with Gasteiger partial charge in [0.25, 0.3) is 0 Å². The molecule has 5 heterocycles. The molecule has 2 aromatic carbocycles. The molecule has 48 heavy (non-hydrogen) atoms. The average molecular weight is 644 g/mol. The number of nitrogens with one attached hydrogen (secondary N) is 2. The van der Waals surface area contributed by atoms with Crippen LogP contribution in [0.2, 0.25) is 0 Å². The molecule has 3 N–H and O–H groups in total. The highest BCUT2D eigenvalue weighted by atomic mass is 16.6. The van der Waals surface area contributed by atoms with E-state index in [0.717, 1.165) is 70.5 Å². The van der Waals surface area contributed by atoms with Crippen molar-refractivity contribution in [2.45, 2.75) is 76.2 Å². The first-order valence-electron chi connectivity index (χ1n) is 16.7. The van der Waals surface area contributed by atoms with E-state index in [1.165, 1.54) is 0 Å². The van der Waals surface area contributed by atoms with Crippen LogP contribution in [0, 0.1) is 11.8 Å². The molecule has 0 radical (unpaired) electrons. The predicted molar refractivity (Wildman–Crippen MR) is 179 cm³/mol. The second-order valence-electron chi connectivity index (χ2n) is 14.7. The zero-order chi connectivity index (χ0) is 32.9. The van der Waals surface area contributed by atoms with E-state index in [1.54, 1.807) is 4.90 Å². The lowest BCUT2D eigenvalue weighted by Crippen LogP contribution is -2.38. The number of fused-ring (bicyclic) bond motifs is 3. The number of hydrogen-bond acceptors (Lipinski definition) is 6. The van der Waals surface area contributed by atoms with Crippen molar-refractivity contribution in [3.05, 3.63) is 78.6 Å². The first kappa shape index (κ1) is 29.0. The van der Waals surface area contributed by atoms with Gasteiger partial charge in [0.05, 0.1) is 29.0 Å². The van der Waals surface area contributed by atoms with E-state index in [4.69, 9.17) is 19.7 Å². The third-order valence-electron chi connectivity index (χ3n) is 10.3. The van der Waals surface area contributed by atoms with Gasteiger partial charge in [-0.3, -0.25) is 9.80 Å². The average Bonchev–Trinajstić information content (AvgIpc) is 3.65. The lowest BCUT2D eigenvalue weighted by Gasteiger charge is -2.29. The quantitative estimate of drug-likeness (QED) is 0.179. The lowest BCUT2D eigenvalue weighted by molar-refractivity contribution is 0.0175. The number of carbonyl (C=O) groups is 2. The zero-order valence-electron chi connectivity index (χ0n) is 27.1. The number of benzene rings is 2. The molecule has 2 saturated carbocycles. The van der Waals surface area contributed by atoms with Gasteiger partial charge in [0.15, 0.2) is 0 Å². The largest absolute Gasteiger partial charge is 0.465 e. The number of imidazole rings is 2. The van der Waals surface area contributed by atoms with E-state index in [1.807, 2.05) is 50.2 Å². The molecule has 4 aliphatic rings. The number of carbonyl (C=O) groups excluding carboxylic acids is 1. The molecule has 4 fully saturated rings. The molecule has 0 bridgehead atoms. The molecule has 9 rings (SSSR count). The van der Waals surface area contributed by atoms with E-state index in [0.29, 0.717) is 23.4 Å². The second kappa shape index (κ2) is 10.4. The van der Waals surface area contributed by atoms with Crippen LogP contribution in [-0.2, 0) is 4.74 Å². The predicted octanol–water partition coefficient (Wildman–Crippen LogP) is 7.57. The topological polar surface area (TPSA) is 140 Å². The number of rotatable bonds is 5. The number of aromatic nitrogens is 5. The smallest absolute Gasteiger partial charge is 0.411 e. The first-order chi connectivity index (χ1) is 23.1. The Bertz CT molecular complexity index is 2080. The van der Waals surface area contributed by atoms with Gasteiger partial charge in [0, 0.05) is 35.4 Å². The van der Waals surface area contributed by atoms with Crippen molar-refractivity contribution >= 4 is 23.1 Å². The van der Waals surface area contributed by atoms with Crippen LogP contribution in [0.5, 0.6) is 0 Å². The molecule has 0 spiro atoms. The van der Waals surface area contributed by atoms with E-state index in [-0.39, 0.29) is 30.3 Å². The number of aromatic amines is 2. The molecule has 0 unspecified atom stereocenters. The summed E-state index contributed by atoms with van der Waals surface area (Å²) < 4.78 is 5.72. The van der Waals surface area contributed by atoms with E-state index in [9.17, 15) is 14.7 Å². The monoisotopic (exact) mass is 643 g/mol. The summed E-state index contributed by atoms with van der Waals surface area (Å²) in [7, 11) is 0. The Labute approximate surface area is 277 Å². The van der Waals surface area contributed by atoms with Gasteiger partial charge in [-0.15, -0.1) is 0 Å². The van der Waals surface area contributed by atoms with Gasteiger partial charge in [-0.2, -0.15) is 0 Å². The molecule has 2 aliphatic heterocycles. The van der Waals surface area contributed by atoms with Crippen molar-refractivity contribution in [2.75, 3.05) is 0 Å². The fraction of sp³-hybridized carbons (Fsp3) is 0.378. The molecule has 2 aliphatic carbocycles. The molecule has 3 aromatic heterocycles. The van der Waals surface area contributed by atoms with Gasteiger partial charge in [-0.25, -0.2) is 24.5 Å². The van der Waals surface area contributed by atoms with Crippen LogP contribution < -0.4 is 0 Å². The SMILES string of the molecule is CC(C)(C)OC(=O)N1[C@@H]2C[C@@H]2C[C@H]1c1nc(-c2ccc(-c3ccc4nc(-c5c[nH]c([C@@H]6C[C@H]7C[C@H]7N6C(=O)O)n5)ccc4c3)cc2)c[nH]1. The molecule has 244 valence electrons. The summed E-state index contributed by atoms with van der Waals surface area (Å²) in [5.41, 5.74) is 5.79. The maximum absolute atomic E-state index is 13.0. The molecular formula is C37H37N7O4. The summed E-state index contributed by atoms with van der Waals surface area (Å²) in [6, 6.07) is 18.7. The zero-order valence-corrected chi connectivity index (χ0v) is 27.1. The molecule has 2 saturated heterocycles. The number of piperidine rings is 2. The van der Waals surface area contributed by atoms with Gasteiger partial charge in [0.2, 0.25) is 0 Å². The van der Waals surface area contributed by atoms with Crippen LogP contribution >= 0.6 is 0 Å². The van der Waals surface area contributed by atoms with E-state index in [2.05, 4.69) is 52.4 Å². The highest BCUT2D eigenvalue weighted by Crippen LogP contribution is 2.54. The van der Waals surface area contributed by atoms with Crippen molar-refractivity contribution in [1.82, 2.24) is 34.7 Å². The summed E-state index contributed by atoms with van der Waals surface area (Å²) in [5.74, 6) is 2.46. The van der Waals surface area contributed by atoms with Gasteiger partial charge < -0.3 is 19.8 Å². The fourth-order valence-corrected chi connectivity index (χ4v) is 7.83. The van der Waals surface area contributed by atoms with Crippen molar-refractivity contribution in [3.63, 3.8) is 0 Å². The molecule has 11 heteroatoms. The number of H-pyrrole nitrogens is 2. The van der Waals surface area contributed by atoms with Gasteiger partial charge in [-0.1, -0.05) is 36.4 Å². The van der Waals surface area contributed by atoms with Crippen LogP contribution in [0.25, 0.3) is 44.7 Å². The minimum atomic E-state index is -0.879.